The smallest absolute Gasteiger partial charge is 0.255 e. The van der Waals surface area contributed by atoms with Crippen molar-refractivity contribution in [3.8, 4) is 6.07 Å². The summed E-state index contributed by atoms with van der Waals surface area (Å²) in [6.07, 6.45) is 0.867. The van der Waals surface area contributed by atoms with Crippen LogP contribution in [0.1, 0.15) is 47.8 Å². The van der Waals surface area contributed by atoms with Crippen LogP contribution in [0.25, 0.3) is 0 Å². The summed E-state index contributed by atoms with van der Waals surface area (Å²) in [4.78, 5) is 16.7. The van der Waals surface area contributed by atoms with Gasteiger partial charge < -0.3 is 9.80 Å². The Morgan fingerprint density at radius 3 is 2.64 bits per heavy atom. The van der Waals surface area contributed by atoms with Crippen LogP contribution in [0.2, 0.25) is 5.02 Å². The van der Waals surface area contributed by atoms with Crippen LogP contribution in [-0.2, 0) is 0 Å². The molecule has 0 fully saturated rings. The zero-order valence-corrected chi connectivity index (χ0v) is 14.2. The van der Waals surface area contributed by atoms with E-state index in [1.807, 2.05) is 6.92 Å². The number of benzene rings is 1. The molecule has 1 aromatic carbocycles. The van der Waals surface area contributed by atoms with Crippen molar-refractivity contribution in [2.45, 2.75) is 33.2 Å². The SMILES string of the molecule is CCN(CC)CCCN1C(=O)c2c(ccc(Cl)c2C)C1C#N. The fourth-order valence-corrected chi connectivity index (χ4v) is 3.18. The van der Waals surface area contributed by atoms with Gasteiger partial charge in [0.25, 0.3) is 5.91 Å². The Morgan fingerprint density at radius 1 is 1.36 bits per heavy atom. The number of nitriles is 1. The number of carbonyl (C=O) groups excluding carboxylic acids is 1. The van der Waals surface area contributed by atoms with Crippen molar-refractivity contribution in [3.05, 3.63) is 33.8 Å². The van der Waals surface area contributed by atoms with Gasteiger partial charge >= 0.3 is 0 Å². The third-order valence-electron chi connectivity index (χ3n) is 4.40. The van der Waals surface area contributed by atoms with Gasteiger partial charge in [-0.2, -0.15) is 5.26 Å². The molecule has 22 heavy (non-hydrogen) atoms. The average Bonchev–Trinajstić information content (AvgIpc) is 2.80. The number of halogens is 1. The normalized spacial score (nSPS) is 17.0. The second-order valence-electron chi connectivity index (χ2n) is 5.55. The van der Waals surface area contributed by atoms with Gasteiger partial charge in [0, 0.05) is 17.1 Å². The average molecular weight is 320 g/mol. The number of carbonyl (C=O) groups is 1. The topological polar surface area (TPSA) is 47.3 Å². The van der Waals surface area contributed by atoms with E-state index in [1.165, 1.54) is 0 Å². The molecule has 0 radical (unpaired) electrons. The molecule has 1 amide bonds. The summed E-state index contributed by atoms with van der Waals surface area (Å²) < 4.78 is 0. The van der Waals surface area contributed by atoms with E-state index in [-0.39, 0.29) is 5.91 Å². The summed E-state index contributed by atoms with van der Waals surface area (Å²) in [6.45, 7) is 9.63. The molecule has 1 atom stereocenters. The van der Waals surface area contributed by atoms with E-state index in [0.29, 0.717) is 17.1 Å². The van der Waals surface area contributed by atoms with E-state index in [1.54, 1.807) is 17.0 Å². The molecule has 2 rings (SSSR count). The minimum atomic E-state index is -0.491. The fourth-order valence-electron chi connectivity index (χ4n) is 3.02. The summed E-state index contributed by atoms with van der Waals surface area (Å²) in [5, 5.41) is 10.1. The Hall–Kier alpha value is -1.57. The number of hydrogen-bond acceptors (Lipinski definition) is 3. The molecule has 5 heteroatoms. The summed E-state index contributed by atoms with van der Waals surface area (Å²) in [7, 11) is 0. The summed E-state index contributed by atoms with van der Waals surface area (Å²) in [5.41, 5.74) is 2.18. The maximum absolute atomic E-state index is 12.7. The number of amides is 1. The zero-order valence-electron chi connectivity index (χ0n) is 13.4. The predicted molar refractivity (Wildman–Crippen MR) is 88.0 cm³/mol. The molecule has 0 saturated heterocycles. The van der Waals surface area contributed by atoms with Crippen molar-refractivity contribution in [2.24, 2.45) is 0 Å². The Bertz CT molecular complexity index is 605. The first-order chi connectivity index (χ1) is 10.5. The molecule has 0 spiro atoms. The highest BCUT2D eigenvalue weighted by Gasteiger charge is 2.38. The third kappa shape index (κ3) is 2.97. The minimum absolute atomic E-state index is 0.0684. The molecule has 4 nitrogen and oxygen atoms in total. The van der Waals surface area contributed by atoms with Crippen LogP contribution in [0.3, 0.4) is 0 Å². The summed E-state index contributed by atoms with van der Waals surface area (Å²) in [6, 6.07) is 5.35. The van der Waals surface area contributed by atoms with Crippen LogP contribution in [0.4, 0.5) is 0 Å². The van der Waals surface area contributed by atoms with Crippen LogP contribution in [-0.4, -0.2) is 41.9 Å². The van der Waals surface area contributed by atoms with E-state index in [9.17, 15) is 10.1 Å². The maximum Gasteiger partial charge on any atom is 0.255 e. The second-order valence-corrected chi connectivity index (χ2v) is 5.95. The second kappa shape index (κ2) is 7.13. The highest BCUT2D eigenvalue weighted by atomic mass is 35.5. The van der Waals surface area contributed by atoms with E-state index >= 15 is 0 Å². The van der Waals surface area contributed by atoms with Crippen LogP contribution in [0.5, 0.6) is 0 Å². The van der Waals surface area contributed by atoms with Crippen LogP contribution in [0, 0.1) is 18.3 Å². The lowest BCUT2D eigenvalue weighted by molar-refractivity contribution is 0.0749. The van der Waals surface area contributed by atoms with Gasteiger partial charge in [-0.1, -0.05) is 31.5 Å². The number of nitrogens with zero attached hydrogens (tertiary/aromatic N) is 3. The number of hydrogen-bond donors (Lipinski definition) is 0. The maximum atomic E-state index is 12.7. The predicted octanol–water partition coefficient (Wildman–Crippen LogP) is 3.40. The molecule has 1 aliphatic rings. The molecule has 118 valence electrons. The molecule has 0 aliphatic carbocycles. The van der Waals surface area contributed by atoms with Crippen molar-refractivity contribution in [1.29, 1.82) is 5.26 Å². The standard InChI is InChI=1S/C17H22ClN3O/c1-4-20(5-2)9-6-10-21-15(11-19)13-7-8-14(18)12(3)16(13)17(21)22/h7-8,15H,4-6,9-10H2,1-3H3. The summed E-state index contributed by atoms with van der Waals surface area (Å²) in [5.74, 6) is -0.0684. The van der Waals surface area contributed by atoms with Crippen molar-refractivity contribution in [3.63, 3.8) is 0 Å². The van der Waals surface area contributed by atoms with Gasteiger partial charge in [0.05, 0.1) is 11.6 Å². The van der Waals surface area contributed by atoms with Crippen molar-refractivity contribution >= 4 is 17.5 Å². The lowest BCUT2D eigenvalue weighted by Gasteiger charge is -2.23. The first-order valence-corrected chi connectivity index (χ1v) is 8.14. The highest BCUT2D eigenvalue weighted by Crippen LogP contribution is 2.37. The van der Waals surface area contributed by atoms with Gasteiger partial charge in [-0.15, -0.1) is 0 Å². The monoisotopic (exact) mass is 319 g/mol. The molecule has 1 aromatic rings. The summed E-state index contributed by atoms with van der Waals surface area (Å²) >= 11 is 6.12. The molecule has 0 N–H and O–H groups in total. The molecule has 0 bridgehead atoms. The third-order valence-corrected chi connectivity index (χ3v) is 4.81. The van der Waals surface area contributed by atoms with Crippen molar-refractivity contribution in [2.75, 3.05) is 26.2 Å². The van der Waals surface area contributed by atoms with Gasteiger partial charge in [-0.25, -0.2) is 0 Å². The van der Waals surface area contributed by atoms with Crippen molar-refractivity contribution < 1.29 is 4.79 Å². The highest BCUT2D eigenvalue weighted by molar-refractivity contribution is 6.32. The fraction of sp³-hybridized carbons (Fsp3) is 0.529. The Kier molecular flexibility index (Phi) is 5.44. The van der Waals surface area contributed by atoms with E-state index in [2.05, 4.69) is 24.8 Å². The lowest BCUT2D eigenvalue weighted by atomic mass is 10.0. The quantitative estimate of drug-likeness (QED) is 0.807. The Morgan fingerprint density at radius 2 is 2.05 bits per heavy atom. The molecule has 1 unspecified atom stereocenters. The van der Waals surface area contributed by atoms with Crippen molar-refractivity contribution in [1.82, 2.24) is 9.80 Å². The van der Waals surface area contributed by atoms with Gasteiger partial charge in [-0.05, 0) is 44.6 Å². The number of fused-ring (bicyclic) bond motifs is 1. The van der Waals surface area contributed by atoms with E-state index < -0.39 is 6.04 Å². The van der Waals surface area contributed by atoms with Crippen LogP contribution in [0.15, 0.2) is 12.1 Å². The zero-order chi connectivity index (χ0) is 16.3. The number of rotatable bonds is 6. The van der Waals surface area contributed by atoms with Gasteiger partial charge in [0.2, 0.25) is 0 Å². The van der Waals surface area contributed by atoms with Crippen LogP contribution < -0.4 is 0 Å². The molecule has 1 heterocycles. The van der Waals surface area contributed by atoms with Gasteiger partial charge in [0.15, 0.2) is 0 Å². The Balaban J connectivity index is 2.16. The molecule has 1 aliphatic heterocycles. The van der Waals surface area contributed by atoms with E-state index in [0.717, 1.165) is 37.2 Å². The molecule has 0 aromatic heterocycles. The first kappa shape index (κ1) is 16.8. The van der Waals surface area contributed by atoms with Crippen LogP contribution >= 0.6 is 11.6 Å². The molecular weight excluding hydrogens is 298 g/mol. The Labute approximate surface area is 137 Å². The molecule has 0 saturated carbocycles. The lowest BCUT2D eigenvalue weighted by Crippen LogP contribution is -2.32. The van der Waals surface area contributed by atoms with Gasteiger partial charge in [-0.3, -0.25) is 4.79 Å². The first-order valence-electron chi connectivity index (χ1n) is 7.77. The minimum Gasteiger partial charge on any atom is -0.318 e. The molecular formula is C17H22ClN3O. The van der Waals surface area contributed by atoms with Gasteiger partial charge in [0.1, 0.15) is 6.04 Å². The van der Waals surface area contributed by atoms with E-state index in [4.69, 9.17) is 11.6 Å². The largest absolute Gasteiger partial charge is 0.318 e.